The Labute approximate surface area is 95.7 Å². The molecule has 0 amide bonds. The van der Waals surface area contributed by atoms with Crippen molar-refractivity contribution in [2.45, 2.75) is 44.6 Å². The van der Waals surface area contributed by atoms with Crippen LogP contribution in [0.5, 0.6) is 0 Å². The van der Waals surface area contributed by atoms with Crippen LogP contribution >= 0.6 is 0 Å². The van der Waals surface area contributed by atoms with Gasteiger partial charge in [-0.3, -0.25) is 4.68 Å². The molecule has 6 heteroatoms. The zero-order valence-electron chi connectivity index (χ0n) is 9.60. The van der Waals surface area contributed by atoms with Gasteiger partial charge in [-0.05, 0) is 26.2 Å². The molecule has 1 aromatic rings. The fourth-order valence-corrected chi connectivity index (χ4v) is 2.99. The minimum absolute atomic E-state index is 0.184. The van der Waals surface area contributed by atoms with Gasteiger partial charge in [0.2, 0.25) is 10.0 Å². The van der Waals surface area contributed by atoms with E-state index in [9.17, 15) is 8.42 Å². The molecule has 2 rings (SSSR count). The Kier molecular flexibility index (Phi) is 2.79. The van der Waals surface area contributed by atoms with Gasteiger partial charge in [0, 0.05) is 6.54 Å². The molecule has 1 aromatic heterocycles. The zero-order chi connectivity index (χ0) is 11.9. The summed E-state index contributed by atoms with van der Waals surface area (Å²) in [6.07, 6.45) is 3.66. The van der Waals surface area contributed by atoms with E-state index in [1.165, 1.54) is 12.8 Å². The second-order valence-corrected chi connectivity index (χ2v) is 6.00. The maximum Gasteiger partial charge on any atom is 0.241 e. The van der Waals surface area contributed by atoms with E-state index in [0.29, 0.717) is 11.4 Å². The highest BCUT2D eigenvalue weighted by molar-refractivity contribution is 7.89. The second kappa shape index (κ2) is 3.85. The largest absolute Gasteiger partial charge is 0.268 e. The van der Waals surface area contributed by atoms with E-state index < -0.39 is 10.0 Å². The van der Waals surface area contributed by atoms with Crippen molar-refractivity contribution in [3.8, 4) is 0 Å². The molecular weight excluding hydrogens is 226 g/mol. The molecule has 0 spiro atoms. The first kappa shape index (κ1) is 11.6. The molecule has 1 aliphatic carbocycles. The molecule has 5 nitrogen and oxygen atoms in total. The van der Waals surface area contributed by atoms with Gasteiger partial charge in [-0.1, -0.05) is 12.8 Å². The first-order valence-electron chi connectivity index (χ1n) is 5.46. The van der Waals surface area contributed by atoms with Crippen molar-refractivity contribution < 1.29 is 8.42 Å². The quantitative estimate of drug-likeness (QED) is 0.855. The summed E-state index contributed by atoms with van der Waals surface area (Å²) < 4.78 is 24.5. The van der Waals surface area contributed by atoms with Gasteiger partial charge in [-0.25, -0.2) is 13.6 Å². The number of nitrogens with zero attached hydrogens (tertiary/aromatic N) is 2. The Balaban J connectivity index is 2.26. The van der Waals surface area contributed by atoms with E-state index in [0.717, 1.165) is 18.9 Å². The number of rotatable bonds is 4. The highest BCUT2D eigenvalue weighted by atomic mass is 32.2. The highest BCUT2D eigenvalue weighted by Gasteiger charge is 2.24. The minimum atomic E-state index is -3.65. The smallest absolute Gasteiger partial charge is 0.241 e. The van der Waals surface area contributed by atoms with Gasteiger partial charge in [0.1, 0.15) is 4.90 Å². The van der Waals surface area contributed by atoms with Gasteiger partial charge in [-0.15, -0.1) is 0 Å². The number of primary sulfonamides is 1. The van der Waals surface area contributed by atoms with Crippen molar-refractivity contribution in [3.63, 3.8) is 0 Å². The van der Waals surface area contributed by atoms with Gasteiger partial charge in [0.15, 0.2) is 0 Å². The molecule has 1 fully saturated rings. The Hall–Kier alpha value is -0.880. The van der Waals surface area contributed by atoms with Crippen LogP contribution in [0.2, 0.25) is 0 Å². The third-order valence-electron chi connectivity index (χ3n) is 3.05. The third-order valence-corrected chi connectivity index (χ3v) is 4.21. The lowest BCUT2D eigenvalue weighted by molar-refractivity contribution is 0.531. The number of sulfonamides is 1. The maximum atomic E-state index is 11.4. The van der Waals surface area contributed by atoms with E-state index in [-0.39, 0.29) is 4.90 Å². The van der Waals surface area contributed by atoms with Crippen LogP contribution in [0.1, 0.15) is 30.7 Å². The first-order valence-corrected chi connectivity index (χ1v) is 7.01. The lowest BCUT2D eigenvalue weighted by atomic mass is 10.3. The van der Waals surface area contributed by atoms with E-state index in [4.69, 9.17) is 5.14 Å². The van der Waals surface area contributed by atoms with Gasteiger partial charge in [0.05, 0.1) is 11.4 Å². The summed E-state index contributed by atoms with van der Waals surface area (Å²) >= 11 is 0. The SMILES string of the molecule is Cc1nn(CCC2CC2)c(C)c1S(N)(=O)=O. The summed E-state index contributed by atoms with van der Waals surface area (Å²) in [5.41, 5.74) is 1.15. The average molecular weight is 243 g/mol. The maximum absolute atomic E-state index is 11.4. The van der Waals surface area contributed by atoms with Crippen LogP contribution in [0.3, 0.4) is 0 Å². The second-order valence-electron chi connectivity index (χ2n) is 4.50. The summed E-state index contributed by atoms with van der Waals surface area (Å²) in [6, 6.07) is 0. The van der Waals surface area contributed by atoms with Crippen LogP contribution in [-0.4, -0.2) is 18.2 Å². The molecule has 90 valence electrons. The molecule has 0 aliphatic heterocycles. The fraction of sp³-hybridized carbons (Fsp3) is 0.700. The minimum Gasteiger partial charge on any atom is -0.268 e. The molecule has 1 heterocycles. The molecule has 0 unspecified atom stereocenters. The fourth-order valence-electron chi connectivity index (χ4n) is 2.02. The number of aromatic nitrogens is 2. The van der Waals surface area contributed by atoms with Crippen LogP contribution in [0.4, 0.5) is 0 Å². The molecule has 1 saturated carbocycles. The summed E-state index contributed by atoms with van der Waals surface area (Å²) in [4.78, 5) is 0.184. The molecular formula is C10H17N3O2S. The van der Waals surface area contributed by atoms with Gasteiger partial charge >= 0.3 is 0 Å². The summed E-state index contributed by atoms with van der Waals surface area (Å²) in [7, 11) is -3.65. The van der Waals surface area contributed by atoms with Crippen molar-refractivity contribution >= 4 is 10.0 Å². The summed E-state index contributed by atoms with van der Waals surface area (Å²) in [6.45, 7) is 4.22. The van der Waals surface area contributed by atoms with Crippen LogP contribution in [0.25, 0.3) is 0 Å². The van der Waals surface area contributed by atoms with E-state index in [1.807, 2.05) is 0 Å². The van der Waals surface area contributed by atoms with Crippen LogP contribution < -0.4 is 5.14 Å². The molecule has 0 bridgehead atoms. The van der Waals surface area contributed by atoms with Crippen LogP contribution in [0, 0.1) is 19.8 Å². The molecule has 0 radical (unpaired) electrons. The van der Waals surface area contributed by atoms with Gasteiger partial charge in [0.25, 0.3) is 0 Å². The van der Waals surface area contributed by atoms with Crippen LogP contribution in [0.15, 0.2) is 4.90 Å². The lowest BCUT2D eigenvalue weighted by Crippen LogP contribution is -2.14. The Morgan fingerprint density at radius 3 is 2.50 bits per heavy atom. The van der Waals surface area contributed by atoms with Crippen molar-refractivity contribution in [2.75, 3.05) is 0 Å². The zero-order valence-corrected chi connectivity index (χ0v) is 10.4. The standard InChI is InChI=1S/C10H17N3O2S/c1-7-10(16(11,14)15)8(2)13(12-7)6-5-9-3-4-9/h9H,3-6H2,1-2H3,(H2,11,14,15). The average Bonchev–Trinajstić information content (AvgIpc) is 2.88. The Bertz CT molecular complexity index is 500. The predicted octanol–water partition coefficient (Wildman–Crippen LogP) is 0.947. The van der Waals surface area contributed by atoms with Gasteiger partial charge < -0.3 is 0 Å². The molecule has 0 atom stereocenters. The Morgan fingerprint density at radius 1 is 1.44 bits per heavy atom. The van der Waals surface area contributed by atoms with Crippen molar-refractivity contribution in [1.82, 2.24) is 9.78 Å². The van der Waals surface area contributed by atoms with Crippen molar-refractivity contribution in [2.24, 2.45) is 11.1 Å². The monoisotopic (exact) mass is 243 g/mol. The molecule has 1 aliphatic rings. The number of hydrogen-bond acceptors (Lipinski definition) is 3. The van der Waals surface area contributed by atoms with E-state index in [1.54, 1.807) is 18.5 Å². The third kappa shape index (κ3) is 2.27. The number of nitrogens with two attached hydrogens (primary N) is 1. The predicted molar refractivity (Wildman–Crippen MR) is 60.4 cm³/mol. The molecule has 0 aromatic carbocycles. The van der Waals surface area contributed by atoms with E-state index in [2.05, 4.69) is 5.10 Å². The lowest BCUT2D eigenvalue weighted by Gasteiger charge is -2.03. The van der Waals surface area contributed by atoms with Crippen molar-refractivity contribution in [3.05, 3.63) is 11.4 Å². The molecule has 16 heavy (non-hydrogen) atoms. The summed E-state index contributed by atoms with van der Waals surface area (Å²) in [5.74, 6) is 0.807. The van der Waals surface area contributed by atoms with E-state index >= 15 is 0 Å². The molecule has 2 N–H and O–H groups in total. The van der Waals surface area contributed by atoms with Gasteiger partial charge in [-0.2, -0.15) is 5.10 Å². The number of aryl methyl sites for hydroxylation is 2. The first-order chi connectivity index (χ1) is 7.39. The normalized spacial score (nSPS) is 16.7. The Morgan fingerprint density at radius 2 is 2.06 bits per heavy atom. The number of hydrogen-bond donors (Lipinski definition) is 1. The highest BCUT2D eigenvalue weighted by Crippen LogP contribution is 2.33. The topological polar surface area (TPSA) is 78.0 Å². The van der Waals surface area contributed by atoms with Crippen LogP contribution in [-0.2, 0) is 16.6 Å². The van der Waals surface area contributed by atoms with Crippen molar-refractivity contribution in [1.29, 1.82) is 0 Å². The molecule has 0 saturated heterocycles. The summed E-state index contributed by atoms with van der Waals surface area (Å²) in [5, 5.41) is 9.39.